The number of aliphatic hydroxyl groups excluding tert-OH is 1. The molecule has 0 aromatic carbocycles. The zero-order valence-corrected chi connectivity index (χ0v) is 17.2. The topological polar surface area (TPSA) is 87.5 Å². The molecular formula is C20H27NO4S2. The minimum Gasteiger partial charge on any atom is -0.476 e. The number of Topliss-reactive ketones (excluding diaryl/α,β-unsaturated/α-hetero) is 1. The molecule has 0 spiro atoms. The second-order valence-electron chi connectivity index (χ2n) is 7.03. The highest BCUT2D eigenvalue weighted by Gasteiger charge is 2.32. The maximum atomic E-state index is 12.2. The molecule has 1 aliphatic rings. The van der Waals surface area contributed by atoms with E-state index < -0.39 is 5.97 Å². The number of nitrogens with zero attached hydrogens (tertiary/aromatic N) is 1. The van der Waals surface area contributed by atoms with Crippen LogP contribution in [0.1, 0.15) is 55.9 Å². The van der Waals surface area contributed by atoms with Gasteiger partial charge in [-0.15, -0.1) is 17.9 Å². The molecule has 3 atom stereocenters. The number of rotatable bonds is 11. The summed E-state index contributed by atoms with van der Waals surface area (Å²) in [5.74, 6) is 0.282. The van der Waals surface area contributed by atoms with Gasteiger partial charge in [0.25, 0.3) is 0 Å². The van der Waals surface area contributed by atoms with Crippen molar-refractivity contribution in [2.24, 2.45) is 11.8 Å². The number of aromatic nitrogens is 1. The molecule has 0 radical (unpaired) electrons. The molecule has 1 heterocycles. The molecule has 1 aromatic heterocycles. The lowest BCUT2D eigenvalue weighted by atomic mass is 9.92. The zero-order chi connectivity index (χ0) is 19.8. The van der Waals surface area contributed by atoms with Gasteiger partial charge in [0.2, 0.25) is 0 Å². The minimum absolute atomic E-state index is 0.0141. The third-order valence-corrected chi connectivity index (χ3v) is 6.76. The SMILES string of the molecule is C=C(C)CC[C@@H](O)CC=C[C@H]1CCC(=O)[C@@H]1CCSc1nc(C(=O)O)cs1. The Morgan fingerprint density at radius 3 is 3.00 bits per heavy atom. The molecule has 0 unspecified atom stereocenters. The lowest BCUT2D eigenvalue weighted by molar-refractivity contribution is -0.121. The Bertz CT molecular complexity index is 698. The molecule has 0 bridgehead atoms. The van der Waals surface area contributed by atoms with Crippen molar-refractivity contribution >= 4 is 34.9 Å². The number of aliphatic hydroxyl groups is 1. The smallest absolute Gasteiger partial charge is 0.355 e. The van der Waals surface area contributed by atoms with E-state index in [4.69, 9.17) is 5.11 Å². The summed E-state index contributed by atoms with van der Waals surface area (Å²) in [6.07, 6.45) is 8.14. The summed E-state index contributed by atoms with van der Waals surface area (Å²) in [5.41, 5.74) is 1.15. The van der Waals surface area contributed by atoms with Crippen molar-refractivity contribution in [2.75, 3.05) is 5.75 Å². The van der Waals surface area contributed by atoms with Gasteiger partial charge in [0.1, 0.15) is 5.78 Å². The molecule has 0 saturated heterocycles. The number of ketones is 1. The molecule has 1 fully saturated rings. The Hall–Kier alpha value is -1.44. The number of carbonyl (C=O) groups excluding carboxylic acids is 1. The molecule has 1 saturated carbocycles. The van der Waals surface area contributed by atoms with Crippen molar-refractivity contribution in [1.29, 1.82) is 0 Å². The lowest BCUT2D eigenvalue weighted by Crippen LogP contribution is -2.14. The Kier molecular flexibility index (Phi) is 8.73. The van der Waals surface area contributed by atoms with Crippen LogP contribution in [-0.2, 0) is 4.79 Å². The fraction of sp³-hybridized carbons (Fsp3) is 0.550. The molecule has 0 aliphatic heterocycles. The maximum Gasteiger partial charge on any atom is 0.355 e. The largest absolute Gasteiger partial charge is 0.476 e. The van der Waals surface area contributed by atoms with Crippen LogP contribution in [0.4, 0.5) is 0 Å². The number of thiazole rings is 1. The van der Waals surface area contributed by atoms with Crippen LogP contribution in [0.15, 0.2) is 34.0 Å². The van der Waals surface area contributed by atoms with Crippen molar-refractivity contribution < 1.29 is 19.8 Å². The summed E-state index contributed by atoms with van der Waals surface area (Å²) in [7, 11) is 0. The summed E-state index contributed by atoms with van der Waals surface area (Å²) < 4.78 is 0.727. The fourth-order valence-electron chi connectivity index (χ4n) is 3.18. The van der Waals surface area contributed by atoms with Gasteiger partial charge in [0.15, 0.2) is 10.0 Å². The highest BCUT2D eigenvalue weighted by atomic mass is 32.2. The van der Waals surface area contributed by atoms with Crippen LogP contribution in [0.5, 0.6) is 0 Å². The van der Waals surface area contributed by atoms with Gasteiger partial charge in [-0.3, -0.25) is 4.79 Å². The number of carboxylic acid groups (broad SMARTS) is 1. The quantitative estimate of drug-likeness (QED) is 0.411. The van der Waals surface area contributed by atoms with Gasteiger partial charge in [0.05, 0.1) is 6.10 Å². The van der Waals surface area contributed by atoms with Crippen LogP contribution in [0.2, 0.25) is 0 Å². The monoisotopic (exact) mass is 409 g/mol. The van der Waals surface area contributed by atoms with Crippen LogP contribution in [-0.4, -0.2) is 38.8 Å². The first-order valence-corrected chi connectivity index (χ1v) is 11.1. The molecule has 2 N–H and O–H groups in total. The normalized spacial score (nSPS) is 21.0. The average molecular weight is 410 g/mol. The highest BCUT2D eigenvalue weighted by Crippen LogP contribution is 2.34. The summed E-state index contributed by atoms with van der Waals surface area (Å²) in [5, 5.41) is 20.4. The predicted molar refractivity (Wildman–Crippen MR) is 109 cm³/mol. The third kappa shape index (κ3) is 7.24. The molecule has 27 heavy (non-hydrogen) atoms. The Labute approximate surface area is 168 Å². The summed E-state index contributed by atoms with van der Waals surface area (Å²) >= 11 is 2.83. The van der Waals surface area contributed by atoms with E-state index in [0.29, 0.717) is 18.6 Å². The van der Waals surface area contributed by atoms with Gasteiger partial charge in [-0.05, 0) is 44.9 Å². The third-order valence-electron chi connectivity index (χ3n) is 4.71. The van der Waals surface area contributed by atoms with Gasteiger partial charge < -0.3 is 10.2 Å². The van der Waals surface area contributed by atoms with Crippen LogP contribution in [0.25, 0.3) is 0 Å². The molecule has 1 aliphatic carbocycles. The number of aromatic carboxylic acids is 1. The molecule has 1 aromatic rings. The van der Waals surface area contributed by atoms with Gasteiger partial charge in [-0.25, -0.2) is 9.78 Å². The molecular weight excluding hydrogens is 382 g/mol. The fourth-order valence-corrected chi connectivity index (χ4v) is 5.07. The van der Waals surface area contributed by atoms with E-state index >= 15 is 0 Å². The second-order valence-corrected chi connectivity index (χ2v) is 9.23. The van der Waals surface area contributed by atoms with Crippen molar-refractivity contribution in [3.8, 4) is 0 Å². The van der Waals surface area contributed by atoms with E-state index in [-0.39, 0.29) is 23.6 Å². The average Bonchev–Trinajstić information content (AvgIpc) is 3.21. The number of hydrogen-bond acceptors (Lipinski definition) is 6. The highest BCUT2D eigenvalue weighted by molar-refractivity contribution is 8.01. The maximum absolute atomic E-state index is 12.2. The number of thioether (sulfide) groups is 1. The first-order valence-electron chi connectivity index (χ1n) is 9.20. The molecule has 148 valence electrons. The molecule has 2 rings (SSSR count). The molecule has 5 nitrogen and oxygen atoms in total. The van der Waals surface area contributed by atoms with Gasteiger partial charge in [-0.1, -0.05) is 29.5 Å². The van der Waals surface area contributed by atoms with E-state index in [2.05, 4.69) is 17.6 Å². The zero-order valence-electron chi connectivity index (χ0n) is 15.6. The minimum atomic E-state index is -1.01. The van der Waals surface area contributed by atoms with E-state index in [0.717, 1.165) is 41.3 Å². The summed E-state index contributed by atoms with van der Waals surface area (Å²) in [6, 6.07) is 0. The van der Waals surface area contributed by atoms with Crippen LogP contribution in [0.3, 0.4) is 0 Å². The first kappa shape index (κ1) is 21.9. The van der Waals surface area contributed by atoms with E-state index in [1.807, 2.05) is 13.0 Å². The Balaban J connectivity index is 1.78. The number of carboxylic acids is 1. The van der Waals surface area contributed by atoms with E-state index in [1.54, 1.807) is 0 Å². The summed E-state index contributed by atoms with van der Waals surface area (Å²) in [4.78, 5) is 27.1. The van der Waals surface area contributed by atoms with Gasteiger partial charge in [-0.2, -0.15) is 0 Å². The van der Waals surface area contributed by atoms with E-state index in [9.17, 15) is 14.7 Å². The lowest BCUT2D eigenvalue weighted by Gasteiger charge is -2.14. The second kappa shape index (κ2) is 10.8. The van der Waals surface area contributed by atoms with Crippen LogP contribution in [0, 0.1) is 11.8 Å². The van der Waals surface area contributed by atoms with Crippen LogP contribution < -0.4 is 0 Å². The number of carbonyl (C=O) groups is 2. The standard InChI is InChI=1S/C20H27NO4S2/c1-13(2)6-8-15(22)5-3-4-14-7-9-18(23)16(14)10-11-26-20-21-17(12-27-20)19(24)25/h3-4,12,14-16,22H,1,5-11H2,2H3,(H,24,25)/t14-,15-,16+/m0/s1. The van der Waals surface area contributed by atoms with Crippen molar-refractivity contribution in [3.05, 3.63) is 35.4 Å². The van der Waals surface area contributed by atoms with Gasteiger partial charge >= 0.3 is 5.97 Å². The van der Waals surface area contributed by atoms with Crippen molar-refractivity contribution in [1.82, 2.24) is 4.98 Å². The van der Waals surface area contributed by atoms with Gasteiger partial charge in [0, 0.05) is 23.5 Å². The van der Waals surface area contributed by atoms with Crippen molar-refractivity contribution in [2.45, 2.75) is 55.9 Å². The predicted octanol–water partition coefficient (Wildman–Crippen LogP) is 4.58. The Morgan fingerprint density at radius 1 is 1.56 bits per heavy atom. The first-order chi connectivity index (χ1) is 12.9. The number of hydrogen-bond donors (Lipinski definition) is 2. The Morgan fingerprint density at radius 2 is 2.33 bits per heavy atom. The van der Waals surface area contributed by atoms with E-state index in [1.165, 1.54) is 28.5 Å². The summed E-state index contributed by atoms with van der Waals surface area (Å²) in [6.45, 7) is 5.81. The molecule has 0 amide bonds. The number of allylic oxidation sites excluding steroid dienone is 2. The molecule has 7 heteroatoms. The van der Waals surface area contributed by atoms with Crippen LogP contribution >= 0.6 is 23.1 Å². The van der Waals surface area contributed by atoms with Crippen molar-refractivity contribution in [3.63, 3.8) is 0 Å².